The van der Waals surface area contributed by atoms with Crippen molar-refractivity contribution < 1.29 is 4.79 Å². The molecule has 0 spiro atoms. The van der Waals surface area contributed by atoms with E-state index in [2.05, 4.69) is 11.9 Å². The van der Waals surface area contributed by atoms with Gasteiger partial charge in [0.05, 0.1) is 12.1 Å². The molecule has 3 heteroatoms. The number of nitrogens with one attached hydrogen (secondary N) is 1. The first-order chi connectivity index (χ1) is 8.04. The Kier molecular flexibility index (Phi) is 4.91. The van der Waals surface area contributed by atoms with Gasteiger partial charge >= 0.3 is 0 Å². The van der Waals surface area contributed by atoms with Crippen LogP contribution >= 0.6 is 0 Å². The Morgan fingerprint density at radius 3 is 2.59 bits per heavy atom. The Balaban J connectivity index is 2.59. The smallest absolute Gasteiger partial charge is 0.237 e. The van der Waals surface area contributed by atoms with Crippen LogP contribution in [0.5, 0.6) is 0 Å². The molecule has 0 aliphatic carbocycles. The van der Waals surface area contributed by atoms with Gasteiger partial charge in [-0.3, -0.25) is 4.79 Å². The van der Waals surface area contributed by atoms with Gasteiger partial charge in [-0.1, -0.05) is 35.9 Å². The minimum Gasteiger partial charge on any atom is -0.348 e. The van der Waals surface area contributed by atoms with Gasteiger partial charge in [0.1, 0.15) is 0 Å². The molecule has 3 N–H and O–H groups in total. The summed E-state index contributed by atoms with van der Waals surface area (Å²) in [6.07, 6.45) is 2.15. The van der Waals surface area contributed by atoms with Crippen molar-refractivity contribution >= 4 is 5.91 Å². The van der Waals surface area contributed by atoms with E-state index in [4.69, 9.17) is 5.73 Å². The number of aryl methyl sites for hydroxylation is 1. The van der Waals surface area contributed by atoms with Crippen LogP contribution in [0.2, 0.25) is 0 Å². The fourth-order valence-corrected chi connectivity index (χ4v) is 1.55. The molecular weight excluding hydrogens is 212 g/mol. The van der Waals surface area contributed by atoms with Gasteiger partial charge in [-0.15, -0.1) is 6.58 Å². The molecule has 0 aliphatic heterocycles. The molecule has 1 rings (SSSR count). The van der Waals surface area contributed by atoms with Crippen molar-refractivity contribution in [1.29, 1.82) is 0 Å². The summed E-state index contributed by atoms with van der Waals surface area (Å²) in [6, 6.07) is 7.54. The van der Waals surface area contributed by atoms with Crippen molar-refractivity contribution in [3.63, 3.8) is 0 Å². The number of nitrogens with two attached hydrogens (primary N) is 1. The summed E-state index contributed by atoms with van der Waals surface area (Å²) >= 11 is 0. The quantitative estimate of drug-likeness (QED) is 0.764. The molecule has 1 aromatic rings. The molecule has 1 amide bonds. The van der Waals surface area contributed by atoms with Crippen LogP contribution in [0.25, 0.3) is 0 Å². The molecule has 92 valence electrons. The predicted octanol–water partition coefficient (Wildman–Crippen LogP) is 2.08. The average molecular weight is 232 g/mol. The zero-order valence-electron chi connectivity index (χ0n) is 10.4. The Hall–Kier alpha value is -1.61. The molecule has 1 aromatic carbocycles. The minimum atomic E-state index is -0.514. The maximum atomic E-state index is 11.7. The highest BCUT2D eigenvalue weighted by Gasteiger charge is 2.14. The molecule has 3 nitrogen and oxygen atoms in total. The normalized spacial score (nSPS) is 13.8. The van der Waals surface area contributed by atoms with Crippen molar-refractivity contribution in [3.8, 4) is 0 Å². The van der Waals surface area contributed by atoms with Gasteiger partial charge < -0.3 is 11.1 Å². The zero-order chi connectivity index (χ0) is 12.8. The minimum absolute atomic E-state index is 0.0287. The molecule has 0 radical (unpaired) electrons. The van der Waals surface area contributed by atoms with Gasteiger partial charge in [0.25, 0.3) is 0 Å². The van der Waals surface area contributed by atoms with E-state index in [0.717, 1.165) is 5.56 Å². The molecule has 0 aliphatic rings. The lowest BCUT2D eigenvalue weighted by Crippen LogP contribution is -2.41. The average Bonchev–Trinajstić information content (AvgIpc) is 2.30. The molecule has 0 saturated carbocycles. The fourth-order valence-electron chi connectivity index (χ4n) is 1.55. The number of carbonyl (C=O) groups is 1. The van der Waals surface area contributed by atoms with Gasteiger partial charge in [0, 0.05) is 0 Å². The van der Waals surface area contributed by atoms with Crippen LogP contribution in [0.1, 0.15) is 30.5 Å². The number of hydrogen-bond acceptors (Lipinski definition) is 2. The SMILES string of the molecule is C=CCC(N)C(=O)NC(C)c1ccc(C)cc1. The molecule has 0 saturated heterocycles. The number of benzene rings is 1. The summed E-state index contributed by atoms with van der Waals surface area (Å²) in [4.78, 5) is 11.7. The lowest BCUT2D eigenvalue weighted by atomic mass is 10.1. The third-order valence-electron chi connectivity index (χ3n) is 2.69. The second-order valence-electron chi connectivity index (χ2n) is 4.27. The van der Waals surface area contributed by atoms with Crippen LogP contribution in [0, 0.1) is 6.92 Å². The van der Waals surface area contributed by atoms with Gasteiger partial charge in [0.2, 0.25) is 5.91 Å². The third-order valence-corrected chi connectivity index (χ3v) is 2.69. The summed E-state index contributed by atoms with van der Waals surface area (Å²) in [6.45, 7) is 7.55. The van der Waals surface area contributed by atoms with Crippen LogP contribution in [-0.2, 0) is 4.79 Å². The number of carbonyl (C=O) groups excluding carboxylic acids is 1. The fraction of sp³-hybridized carbons (Fsp3) is 0.357. The van der Waals surface area contributed by atoms with E-state index in [0.29, 0.717) is 6.42 Å². The number of hydrogen-bond donors (Lipinski definition) is 2. The summed E-state index contributed by atoms with van der Waals surface area (Å²) < 4.78 is 0. The Bertz CT molecular complexity index is 384. The summed E-state index contributed by atoms with van der Waals surface area (Å²) in [5, 5.41) is 2.89. The van der Waals surface area contributed by atoms with E-state index in [1.165, 1.54) is 5.56 Å². The highest BCUT2D eigenvalue weighted by molar-refractivity contribution is 5.82. The van der Waals surface area contributed by atoms with Crippen LogP contribution in [0.15, 0.2) is 36.9 Å². The lowest BCUT2D eigenvalue weighted by Gasteiger charge is -2.17. The molecular formula is C14H20N2O. The van der Waals surface area contributed by atoms with E-state index < -0.39 is 6.04 Å². The van der Waals surface area contributed by atoms with Crippen molar-refractivity contribution in [1.82, 2.24) is 5.32 Å². The largest absolute Gasteiger partial charge is 0.348 e. The van der Waals surface area contributed by atoms with E-state index in [1.54, 1.807) is 6.08 Å². The van der Waals surface area contributed by atoms with E-state index in [1.807, 2.05) is 38.1 Å². The maximum Gasteiger partial charge on any atom is 0.237 e. The number of amides is 1. The van der Waals surface area contributed by atoms with E-state index >= 15 is 0 Å². The van der Waals surface area contributed by atoms with Crippen molar-refractivity contribution in [2.24, 2.45) is 5.73 Å². The van der Waals surface area contributed by atoms with Crippen molar-refractivity contribution in [2.75, 3.05) is 0 Å². The molecule has 2 unspecified atom stereocenters. The van der Waals surface area contributed by atoms with E-state index in [-0.39, 0.29) is 11.9 Å². The monoisotopic (exact) mass is 232 g/mol. The van der Waals surface area contributed by atoms with Crippen molar-refractivity contribution in [3.05, 3.63) is 48.0 Å². The van der Waals surface area contributed by atoms with Crippen LogP contribution in [0.4, 0.5) is 0 Å². The van der Waals surface area contributed by atoms with Gasteiger partial charge in [0.15, 0.2) is 0 Å². The summed E-state index contributed by atoms with van der Waals surface area (Å²) in [7, 11) is 0. The summed E-state index contributed by atoms with van der Waals surface area (Å²) in [5.41, 5.74) is 7.98. The molecule has 0 fully saturated rings. The first kappa shape index (κ1) is 13.5. The Morgan fingerprint density at radius 2 is 2.06 bits per heavy atom. The van der Waals surface area contributed by atoms with E-state index in [9.17, 15) is 4.79 Å². The standard InChI is InChI=1S/C14H20N2O/c1-4-5-13(15)14(17)16-11(3)12-8-6-10(2)7-9-12/h4,6-9,11,13H,1,5,15H2,2-3H3,(H,16,17). The predicted molar refractivity (Wildman–Crippen MR) is 70.5 cm³/mol. The van der Waals surface area contributed by atoms with Crippen LogP contribution in [0.3, 0.4) is 0 Å². The first-order valence-corrected chi connectivity index (χ1v) is 5.78. The zero-order valence-corrected chi connectivity index (χ0v) is 10.4. The van der Waals surface area contributed by atoms with Crippen LogP contribution in [-0.4, -0.2) is 11.9 Å². The Labute approximate surface area is 103 Å². The Morgan fingerprint density at radius 1 is 1.47 bits per heavy atom. The highest BCUT2D eigenvalue weighted by atomic mass is 16.2. The third kappa shape index (κ3) is 4.04. The number of rotatable bonds is 5. The van der Waals surface area contributed by atoms with Gasteiger partial charge in [-0.25, -0.2) is 0 Å². The maximum absolute atomic E-state index is 11.7. The van der Waals surface area contributed by atoms with Crippen LogP contribution < -0.4 is 11.1 Å². The molecule has 0 heterocycles. The highest BCUT2D eigenvalue weighted by Crippen LogP contribution is 2.13. The molecule has 0 aromatic heterocycles. The lowest BCUT2D eigenvalue weighted by molar-refractivity contribution is -0.122. The second kappa shape index (κ2) is 6.21. The second-order valence-corrected chi connectivity index (χ2v) is 4.27. The molecule has 2 atom stereocenters. The van der Waals surface area contributed by atoms with Crippen molar-refractivity contribution in [2.45, 2.75) is 32.4 Å². The molecule has 17 heavy (non-hydrogen) atoms. The first-order valence-electron chi connectivity index (χ1n) is 5.78. The summed E-state index contributed by atoms with van der Waals surface area (Å²) in [5.74, 6) is -0.141. The topological polar surface area (TPSA) is 55.1 Å². The van der Waals surface area contributed by atoms with Gasteiger partial charge in [-0.05, 0) is 25.8 Å². The van der Waals surface area contributed by atoms with Gasteiger partial charge in [-0.2, -0.15) is 0 Å². The molecule has 0 bridgehead atoms.